The Bertz CT molecular complexity index is 587. The van der Waals surface area contributed by atoms with Crippen molar-refractivity contribution in [1.29, 1.82) is 0 Å². The highest BCUT2D eigenvalue weighted by molar-refractivity contribution is 5.66. The number of hydrogen-bond acceptors (Lipinski definition) is 1. The van der Waals surface area contributed by atoms with E-state index in [-0.39, 0.29) is 11.9 Å². The maximum Gasteiger partial charge on any atom is 0.165 e. The van der Waals surface area contributed by atoms with Gasteiger partial charge in [-0.3, -0.25) is 0 Å². The summed E-state index contributed by atoms with van der Waals surface area (Å²) in [5, 5.41) is 0. The van der Waals surface area contributed by atoms with E-state index in [1.165, 1.54) is 11.6 Å². The molecule has 18 heavy (non-hydrogen) atoms. The van der Waals surface area contributed by atoms with E-state index in [0.717, 1.165) is 16.7 Å². The van der Waals surface area contributed by atoms with Crippen molar-refractivity contribution in [3.63, 3.8) is 0 Å². The average Bonchev–Trinajstić information content (AvgIpc) is 2.71. The first-order valence-electron chi connectivity index (χ1n) is 6.02. The lowest BCUT2D eigenvalue weighted by Gasteiger charge is -2.07. The first-order valence-corrected chi connectivity index (χ1v) is 6.02. The van der Waals surface area contributed by atoms with E-state index < -0.39 is 0 Å². The van der Waals surface area contributed by atoms with Crippen LogP contribution in [0.2, 0.25) is 0 Å². The van der Waals surface area contributed by atoms with Gasteiger partial charge < -0.3 is 4.74 Å². The third-order valence-electron chi connectivity index (χ3n) is 3.24. The molecule has 0 aromatic heterocycles. The number of fused-ring (bicyclic) bond motifs is 1. The van der Waals surface area contributed by atoms with Crippen LogP contribution in [0.15, 0.2) is 36.4 Å². The molecule has 91 valence electrons. The second-order valence-corrected chi connectivity index (χ2v) is 4.76. The molecular formula is C16H14FO. The zero-order chi connectivity index (χ0) is 12.7. The number of halogens is 1. The van der Waals surface area contributed by atoms with Gasteiger partial charge in [-0.15, -0.1) is 0 Å². The summed E-state index contributed by atoms with van der Waals surface area (Å²) in [5.41, 5.74) is 4.02. The topological polar surface area (TPSA) is 9.23 Å². The Kier molecular flexibility index (Phi) is 2.58. The Morgan fingerprint density at radius 2 is 1.89 bits per heavy atom. The first kappa shape index (κ1) is 11.3. The lowest BCUT2D eigenvalue weighted by molar-refractivity contribution is 0.269. The van der Waals surface area contributed by atoms with Gasteiger partial charge in [0, 0.05) is 12.0 Å². The molecule has 0 saturated heterocycles. The quantitative estimate of drug-likeness (QED) is 0.734. The molecule has 0 bridgehead atoms. The molecule has 0 spiro atoms. The zero-order valence-corrected chi connectivity index (χ0v) is 10.2. The molecule has 0 aliphatic carbocycles. The molecule has 2 aromatic carbocycles. The van der Waals surface area contributed by atoms with Crippen LogP contribution in [-0.2, 0) is 6.42 Å². The highest BCUT2D eigenvalue weighted by atomic mass is 19.1. The molecule has 1 nitrogen and oxygen atoms in total. The van der Waals surface area contributed by atoms with Gasteiger partial charge in [-0.2, -0.15) is 0 Å². The highest BCUT2D eigenvalue weighted by Gasteiger charge is 2.23. The maximum absolute atomic E-state index is 13.9. The Hall–Kier alpha value is -1.83. The van der Waals surface area contributed by atoms with Crippen LogP contribution in [0.1, 0.15) is 11.1 Å². The van der Waals surface area contributed by atoms with Crippen molar-refractivity contribution < 1.29 is 9.13 Å². The fourth-order valence-corrected chi connectivity index (χ4v) is 2.30. The van der Waals surface area contributed by atoms with E-state index in [0.29, 0.717) is 12.2 Å². The number of hydrogen-bond donors (Lipinski definition) is 0. The minimum atomic E-state index is -0.297. The molecule has 1 atom stereocenters. The number of benzene rings is 2. The molecule has 0 N–H and O–H groups in total. The van der Waals surface area contributed by atoms with Gasteiger partial charge in [0.05, 0.1) is 0 Å². The van der Waals surface area contributed by atoms with Crippen molar-refractivity contribution >= 4 is 0 Å². The summed E-state index contributed by atoms with van der Waals surface area (Å²) in [5.74, 6) is 0.0695. The summed E-state index contributed by atoms with van der Waals surface area (Å²) in [4.78, 5) is 0. The summed E-state index contributed by atoms with van der Waals surface area (Å²) < 4.78 is 19.3. The normalized spacial score (nSPS) is 17.4. The average molecular weight is 241 g/mol. The standard InChI is InChI=1S/C16H14FO/c1-10-3-5-12(6-4-10)13-8-14-7-11(2)18-16(14)15(17)9-13/h3-6,8-9,11H,2,7H2,1H3. The maximum atomic E-state index is 13.9. The van der Waals surface area contributed by atoms with Crippen LogP contribution in [0, 0.1) is 19.7 Å². The Labute approximate surface area is 106 Å². The summed E-state index contributed by atoms with van der Waals surface area (Å²) in [6, 6.07) is 11.6. The summed E-state index contributed by atoms with van der Waals surface area (Å²) in [6.45, 7) is 5.85. The lowest BCUT2D eigenvalue weighted by Crippen LogP contribution is -2.06. The molecule has 1 radical (unpaired) electrons. The summed E-state index contributed by atoms with van der Waals surface area (Å²) in [6.07, 6.45) is 0.495. The predicted molar refractivity (Wildman–Crippen MR) is 70.1 cm³/mol. The zero-order valence-electron chi connectivity index (χ0n) is 10.2. The number of aryl methyl sites for hydroxylation is 1. The molecule has 2 aromatic rings. The van der Waals surface area contributed by atoms with E-state index in [2.05, 4.69) is 6.92 Å². The molecule has 1 aliphatic heterocycles. The summed E-state index contributed by atoms with van der Waals surface area (Å²) >= 11 is 0. The molecule has 1 unspecified atom stereocenters. The second-order valence-electron chi connectivity index (χ2n) is 4.76. The van der Waals surface area contributed by atoms with E-state index in [1.54, 1.807) is 0 Å². The van der Waals surface area contributed by atoms with Gasteiger partial charge in [0.25, 0.3) is 0 Å². The predicted octanol–water partition coefficient (Wildman–Crippen LogP) is 3.94. The van der Waals surface area contributed by atoms with Gasteiger partial charge in [-0.05, 0) is 37.1 Å². The Balaban J connectivity index is 2.07. The Morgan fingerprint density at radius 1 is 1.17 bits per heavy atom. The third kappa shape index (κ3) is 1.88. The van der Waals surface area contributed by atoms with Crippen LogP contribution in [0.3, 0.4) is 0 Å². The molecule has 0 fully saturated rings. The monoisotopic (exact) mass is 241 g/mol. The SMILES string of the molecule is [CH2]C1Cc2cc(-c3ccc(C)cc3)cc(F)c2O1. The summed E-state index contributed by atoms with van der Waals surface area (Å²) in [7, 11) is 0. The van der Waals surface area contributed by atoms with Gasteiger partial charge in [-0.25, -0.2) is 4.39 Å². The third-order valence-corrected chi connectivity index (χ3v) is 3.24. The minimum absolute atomic E-state index is 0.178. The molecule has 0 saturated carbocycles. The van der Waals surface area contributed by atoms with Crippen molar-refractivity contribution in [2.24, 2.45) is 0 Å². The van der Waals surface area contributed by atoms with E-state index >= 15 is 0 Å². The van der Waals surface area contributed by atoms with Crippen LogP contribution < -0.4 is 4.74 Å². The van der Waals surface area contributed by atoms with Gasteiger partial charge >= 0.3 is 0 Å². The van der Waals surface area contributed by atoms with E-state index in [1.807, 2.05) is 37.3 Å². The van der Waals surface area contributed by atoms with Crippen molar-refractivity contribution in [3.8, 4) is 16.9 Å². The van der Waals surface area contributed by atoms with Crippen LogP contribution in [0.4, 0.5) is 4.39 Å². The van der Waals surface area contributed by atoms with Crippen LogP contribution in [0.5, 0.6) is 5.75 Å². The van der Waals surface area contributed by atoms with E-state index in [4.69, 9.17) is 4.74 Å². The molecule has 2 heteroatoms. The first-order chi connectivity index (χ1) is 8.63. The van der Waals surface area contributed by atoms with Gasteiger partial charge in [-0.1, -0.05) is 29.8 Å². The van der Waals surface area contributed by atoms with Crippen molar-refractivity contribution in [2.45, 2.75) is 19.4 Å². The van der Waals surface area contributed by atoms with Gasteiger partial charge in [0.1, 0.15) is 6.10 Å². The lowest BCUT2D eigenvalue weighted by atomic mass is 10.00. The minimum Gasteiger partial charge on any atom is -0.487 e. The largest absolute Gasteiger partial charge is 0.487 e. The van der Waals surface area contributed by atoms with Crippen LogP contribution in [-0.4, -0.2) is 6.10 Å². The molecular weight excluding hydrogens is 227 g/mol. The van der Waals surface area contributed by atoms with Crippen LogP contribution in [0.25, 0.3) is 11.1 Å². The smallest absolute Gasteiger partial charge is 0.165 e. The van der Waals surface area contributed by atoms with Gasteiger partial charge in [0.15, 0.2) is 11.6 Å². The second kappa shape index (κ2) is 4.13. The van der Waals surface area contributed by atoms with Crippen molar-refractivity contribution in [3.05, 3.63) is 60.3 Å². The molecule has 1 heterocycles. The van der Waals surface area contributed by atoms with Crippen molar-refractivity contribution in [1.82, 2.24) is 0 Å². The molecule has 0 amide bonds. The van der Waals surface area contributed by atoms with Crippen LogP contribution >= 0.6 is 0 Å². The molecule has 3 rings (SSSR count). The highest BCUT2D eigenvalue weighted by Crippen LogP contribution is 2.35. The number of rotatable bonds is 1. The fraction of sp³-hybridized carbons (Fsp3) is 0.188. The molecule has 1 aliphatic rings. The van der Waals surface area contributed by atoms with E-state index in [9.17, 15) is 4.39 Å². The van der Waals surface area contributed by atoms with Crippen molar-refractivity contribution in [2.75, 3.05) is 0 Å². The van der Waals surface area contributed by atoms with Gasteiger partial charge in [0.2, 0.25) is 0 Å². The Morgan fingerprint density at radius 3 is 2.61 bits per heavy atom. The fourth-order valence-electron chi connectivity index (χ4n) is 2.30. The number of ether oxygens (including phenoxy) is 1.